The minimum atomic E-state index is -0.0408. The Kier molecular flexibility index (Phi) is 6.32. The molecule has 16 heavy (non-hydrogen) atoms. The topological polar surface area (TPSA) is 21.7 Å². The lowest BCUT2D eigenvalue weighted by molar-refractivity contribution is -0.145. The zero-order valence-electron chi connectivity index (χ0n) is 11.2. The molecule has 0 radical (unpaired) electrons. The molecule has 1 saturated heterocycles. The van der Waals surface area contributed by atoms with Crippen molar-refractivity contribution in [3.05, 3.63) is 0 Å². The average molecular weight is 229 g/mol. The first-order valence-electron chi connectivity index (χ1n) is 6.62. The Morgan fingerprint density at radius 3 is 2.25 bits per heavy atom. The van der Waals surface area contributed by atoms with E-state index in [-0.39, 0.29) is 6.29 Å². The van der Waals surface area contributed by atoms with Crippen LogP contribution >= 0.6 is 0 Å². The van der Waals surface area contributed by atoms with E-state index in [1.165, 1.54) is 19.5 Å². The minimum absolute atomic E-state index is 0.0408. The van der Waals surface area contributed by atoms with Crippen LogP contribution in [0.15, 0.2) is 0 Å². The maximum Gasteiger partial charge on any atom is 0.170 e. The third-order valence-electron chi connectivity index (χ3n) is 3.36. The molecule has 1 heterocycles. The van der Waals surface area contributed by atoms with Gasteiger partial charge in [0, 0.05) is 26.3 Å². The first kappa shape index (κ1) is 13.9. The molecule has 0 amide bonds. The lowest BCUT2D eigenvalue weighted by atomic mass is 9.95. The maximum absolute atomic E-state index is 5.58. The number of likely N-dealkylation sites (tertiary alicyclic amines) is 1. The fraction of sp³-hybridized carbons (Fsp3) is 1.00. The molecule has 1 fully saturated rings. The van der Waals surface area contributed by atoms with Gasteiger partial charge < -0.3 is 9.47 Å². The molecule has 0 saturated carbocycles. The molecule has 0 aromatic heterocycles. The van der Waals surface area contributed by atoms with E-state index in [9.17, 15) is 0 Å². The monoisotopic (exact) mass is 229 g/mol. The Labute approximate surface area is 100 Å². The summed E-state index contributed by atoms with van der Waals surface area (Å²) in [6, 6.07) is 0. The molecule has 1 unspecified atom stereocenters. The van der Waals surface area contributed by atoms with Gasteiger partial charge in [0.15, 0.2) is 6.29 Å². The second kappa shape index (κ2) is 7.25. The summed E-state index contributed by atoms with van der Waals surface area (Å²) in [6.45, 7) is 13.4. The van der Waals surface area contributed by atoms with Crippen LogP contribution in [-0.2, 0) is 9.47 Å². The highest BCUT2D eigenvalue weighted by molar-refractivity contribution is 4.78. The molecule has 96 valence electrons. The number of ether oxygens (including phenoxy) is 2. The average Bonchev–Trinajstić information content (AvgIpc) is 2.67. The van der Waals surface area contributed by atoms with Gasteiger partial charge in [-0.1, -0.05) is 13.8 Å². The van der Waals surface area contributed by atoms with Crippen LogP contribution in [0, 0.1) is 11.8 Å². The van der Waals surface area contributed by atoms with Crippen LogP contribution in [0.4, 0.5) is 0 Å². The first-order chi connectivity index (χ1) is 7.67. The van der Waals surface area contributed by atoms with Gasteiger partial charge in [0.25, 0.3) is 0 Å². The molecule has 1 rings (SSSR count). The fourth-order valence-electron chi connectivity index (χ4n) is 2.31. The highest BCUT2D eigenvalue weighted by Gasteiger charge is 2.26. The number of hydrogen-bond donors (Lipinski definition) is 0. The zero-order valence-corrected chi connectivity index (χ0v) is 11.2. The molecule has 1 atom stereocenters. The van der Waals surface area contributed by atoms with Crippen LogP contribution in [-0.4, -0.2) is 44.0 Å². The number of nitrogens with zero attached hydrogens (tertiary/aromatic N) is 1. The van der Waals surface area contributed by atoms with Crippen molar-refractivity contribution in [1.82, 2.24) is 4.90 Å². The third-order valence-corrected chi connectivity index (χ3v) is 3.36. The summed E-state index contributed by atoms with van der Waals surface area (Å²) in [7, 11) is 0. The lowest BCUT2D eigenvalue weighted by Crippen LogP contribution is -2.34. The van der Waals surface area contributed by atoms with Crippen molar-refractivity contribution in [2.75, 3.05) is 32.8 Å². The Bertz CT molecular complexity index is 179. The fourth-order valence-corrected chi connectivity index (χ4v) is 2.31. The Balaban J connectivity index is 2.30. The molecule has 0 bridgehead atoms. The van der Waals surface area contributed by atoms with Gasteiger partial charge in [-0.3, -0.25) is 4.90 Å². The van der Waals surface area contributed by atoms with E-state index >= 15 is 0 Å². The second-order valence-electron chi connectivity index (χ2n) is 4.89. The van der Waals surface area contributed by atoms with E-state index in [0.29, 0.717) is 0 Å². The van der Waals surface area contributed by atoms with Gasteiger partial charge in [-0.15, -0.1) is 0 Å². The standard InChI is InChI=1S/C13H27NO2/c1-5-15-13(16-6-2)10-14-8-7-12(9-14)11(3)4/h11-13H,5-10H2,1-4H3. The SMILES string of the molecule is CCOC(CN1CCC(C(C)C)C1)OCC. The van der Waals surface area contributed by atoms with Crippen molar-refractivity contribution in [1.29, 1.82) is 0 Å². The van der Waals surface area contributed by atoms with E-state index in [1.54, 1.807) is 0 Å². The summed E-state index contributed by atoms with van der Waals surface area (Å²) < 4.78 is 11.2. The maximum atomic E-state index is 5.58. The predicted octanol–water partition coefficient (Wildman–Crippen LogP) is 2.36. The smallest absolute Gasteiger partial charge is 0.170 e. The van der Waals surface area contributed by atoms with E-state index in [2.05, 4.69) is 18.7 Å². The molecule has 0 aromatic carbocycles. The van der Waals surface area contributed by atoms with Gasteiger partial charge in [0.1, 0.15) is 0 Å². The molecule has 0 aromatic rings. The Morgan fingerprint density at radius 1 is 1.19 bits per heavy atom. The largest absolute Gasteiger partial charge is 0.352 e. The number of hydrogen-bond acceptors (Lipinski definition) is 3. The van der Waals surface area contributed by atoms with E-state index in [4.69, 9.17) is 9.47 Å². The van der Waals surface area contributed by atoms with E-state index < -0.39 is 0 Å². The number of rotatable bonds is 7. The van der Waals surface area contributed by atoms with Crippen molar-refractivity contribution in [2.45, 2.75) is 40.4 Å². The molecule has 0 aliphatic carbocycles. The van der Waals surface area contributed by atoms with Gasteiger partial charge in [0.05, 0.1) is 0 Å². The highest BCUT2D eigenvalue weighted by atomic mass is 16.7. The summed E-state index contributed by atoms with van der Waals surface area (Å²) >= 11 is 0. The molecular weight excluding hydrogens is 202 g/mol. The summed E-state index contributed by atoms with van der Waals surface area (Å²) in [6.07, 6.45) is 1.28. The van der Waals surface area contributed by atoms with Crippen LogP contribution in [0.1, 0.15) is 34.1 Å². The Morgan fingerprint density at radius 2 is 1.81 bits per heavy atom. The molecule has 3 heteroatoms. The van der Waals surface area contributed by atoms with Gasteiger partial charge in [-0.25, -0.2) is 0 Å². The summed E-state index contributed by atoms with van der Waals surface area (Å²) in [5.74, 6) is 1.64. The van der Waals surface area contributed by atoms with Crippen molar-refractivity contribution in [3.63, 3.8) is 0 Å². The van der Waals surface area contributed by atoms with E-state index in [0.717, 1.165) is 31.6 Å². The van der Waals surface area contributed by atoms with Crippen molar-refractivity contribution < 1.29 is 9.47 Å². The third kappa shape index (κ3) is 4.40. The second-order valence-corrected chi connectivity index (χ2v) is 4.89. The van der Waals surface area contributed by atoms with E-state index in [1.807, 2.05) is 13.8 Å². The van der Waals surface area contributed by atoms with Crippen molar-refractivity contribution in [2.24, 2.45) is 11.8 Å². The zero-order chi connectivity index (χ0) is 12.0. The summed E-state index contributed by atoms with van der Waals surface area (Å²) in [5.41, 5.74) is 0. The van der Waals surface area contributed by atoms with Crippen molar-refractivity contribution >= 4 is 0 Å². The van der Waals surface area contributed by atoms with Gasteiger partial charge in [-0.2, -0.15) is 0 Å². The quantitative estimate of drug-likeness (QED) is 0.626. The molecule has 1 aliphatic rings. The normalized spacial score (nSPS) is 22.5. The molecule has 3 nitrogen and oxygen atoms in total. The first-order valence-corrected chi connectivity index (χ1v) is 6.62. The van der Waals surface area contributed by atoms with Gasteiger partial charge in [-0.05, 0) is 38.6 Å². The van der Waals surface area contributed by atoms with Crippen LogP contribution in [0.2, 0.25) is 0 Å². The summed E-state index contributed by atoms with van der Waals surface area (Å²) in [4.78, 5) is 2.47. The van der Waals surface area contributed by atoms with Gasteiger partial charge in [0.2, 0.25) is 0 Å². The van der Waals surface area contributed by atoms with Crippen LogP contribution in [0.3, 0.4) is 0 Å². The van der Waals surface area contributed by atoms with Crippen LogP contribution in [0.25, 0.3) is 0 Å². The molecule has 0 N–H and O–H groups in total. The van der Waals surface area contributed by atoms with Crippen molar-refractivity contribution in [3.8, 4) is 0 Å². The minimum Gasteiger partial charge on any atom is -0.352 e. The lowest BCUT2D eigenvalue weighted by Gasteiger charge is -2.24. The highest BCUT2D eigenvalue weighted by Crippen LogP contribution is 2.23. The molecule has 1 aliphatic heterocycles. The predicted molar refractivity (Wildman–Crippen MR) is 66.4 cm³/mol. The summed E-state index contributed by atoms with van der Waals surface area (Å²) in [5, 5.41) is 0. The van der Waals surface area contributed by atoms with Crippen LogP contribution < -0.4 is 0 Å². The van der Waals surface area contributed by atoms with Crippen LogP contribution in [0.5, 0.6) is 0 Å². The molecular formula is C13H27NO2. The molecule has 0 spiro atoms. The Hall–Kier alpha value is -0.120. The van der Waals surface area contributed by atoms with Gasteiger partial charge >= 0.3 is 0 Å².